The SMILES string of the molecule is CC1(C)CC[C@]2(C(=O)O[C@@H]3O[C@H](CO)[C@H](O)[C@H](O)[C@H]3O[C@@H]3OC[C@](O)(CO)[C@H]3O)CC[C@]3(C)C(=CC[C@@H]4[C@@]5(C)CC[C@H](O[C@@H]6O[C@H](CO)[C@@H](O)[C@H](O)[C@H]6O)C(C)(C)[C@@H]5CC[C@]43C)[C@@H]2C1. The van der Waals surface area contributed by atoms with Gasteiger partial charge in [-0.05, 0) is 109 Å². The van der Waals surface area contributed by atoms with E-state index in [0.717, 1.165) is 44.9 Å². The highest BCUT2D eigenvalue weighted by atomic mass is 16.8. The van der Waals surface area contributed by atoms with Gasteiger partial charge in [-0.25, -0.2) is 0 Å². The highest BCUT2D eigenvalue weighted by Gasteiger charge is 2.70. The standard InChI is InChI=1S/C47H76O17/c1-41(2)14-16-46(40(57)64-38-35(33(54)31(52)26(20-49)61-38)63-39-36(56)47(58,21-50)22-59-39)17-15-44(6)23(24(46)18-41)8-9-28-43(5)12-11-29(42(3,4)27(43)10-13-45(28,44)7)62-37-34(55)32(53)30(51)25(19-48)60-37/h8,24-39,48-56,58H,9-22H2,1-7H3/t24-,25+,26+,27-,28+,29-,30+,31-,32-,33-,34+,35+,36-,37-,38-,39-,43-,44+,45+,46-,47+/m0/s1. The van der Waals surface area contributed by atoms with E-state index < -0.39 is 117 Å². The molecule has 5 aliphatic carbocycles. The summed E-state index contributed by atoms with van der Waals surface area (Å²) in [5, 5.41) is 105. The fourth-order valence-corrected chi connectivity index (χ4v) is 14.8. The molecule has 10 N–H and O–H groups in total. The van der Waals surface area contributed by atoms with E-state index in [0.29, 0.717) is 25.2 Å². The zero-order valence-electron chi connectivity index (χ0n) is 38.5. The molecule has 0 spiro atoms. The summed E-state index contributed by atoms with van der Waals surface area (Å²) in [6, 6.07) is 0. The molecule has 17 nitrogen and oxygen atoms in total. The number of fused-ring (bicyclic) bond motifs is 7. The van der Waals surface area contributed by atoms with Crippen LogP contribution in [0, 0.1) is 50.2 Å². The number of aliphatic hydroxyl groups excluding tert-OH is 9. The van der Waals surface area contributed by atoms with Crippen LogP contribution in [0.5, 0.6) is 0 Å². The van der Waals surface area contributed by atoms with Crippen LogP contribution in [0.2, 0.25) is 0 Å². The molecule has 21 atom stereocenters. The summed E-state index contributed by atoms with van der Waals surface area (Å²) in [7, 11) is 0. The van der Waals surface area contributed by atoms with Crippen LogP contribution >= 0.6 is 0 Å². The summed E-state index contributed by atoms with van der Waals surface area (Å²) in [4.78, 5) is 15.1. The molecule has 64 heavy (non-hydrogen) atoms. The van der Waals surface area contributed by atoms with Crippen molar-refractivity contribution in [1.82, 2.24) is 0 Å². The molecule has 3 saturated heterocycles. The van der Waals surface area contributed by atoms with Gasteiger partial charge in [-0.1, -0.05) is 60.1 Å². The molecule has 4 saturated carbocycles. The van der Waals surface area contributed by atoms with Crippen molar-refractivity contribution in [2.24, 2.45) is 50.2 Å². The van der Waals surface area contributed by atoms with Gasteiger partial charge in [0.05, 0.1) is 37.9 Å². The second-order valence-corrected chi connectivity index (χ2v) is 23.2. The maximum absolute atomic E-state index is 15.1. The number of hydrogen-bond donors (Lipinski definition) is 10. The van der Waals surface area contributed by atoms with Crippen LogP contribution in [0.4, 0.5) is 0 Å². The Morgan fingerprint density at radius 2 is 1.36 bits per heavy atom. The predicted octanol–water partition coefficient (Wildman–Crippen LogP) is 0.781. The number of esters is 1. The van der Waals surface area contributed by atoms with Crippen LogP contribution in [0.1, 0.15) is 113 Å². The largest absolute Gasteiger partial charge is 0.432 e. The third-order valence-corrected chi connectivity index (χ3v) is 19.0. The lowest BCUT2D eigenvalue weighted by atomic mass is 9.33. The first kappa shape index (κ1) is 49.0. The maximum atomic E-state index is 15.1. The van der Waals surface area contributed by atoms with Crippen molar-refractivity contribution >= 4 is 5.97 Å². The molecule has 0 radical (unpaired) electrons. The van der Waals surface area contributed by atoms with Crippen LogP contribution < -0.4 is 0 Å². The molecule has 3 heterocycles. The first-order valence-corrected chi connectivity index (χ1v) is 23.7. The molecule has 0 bridgehead atoms. The summed E-state index contributed by atoms with van der Waals surface area (Å²) < 4.78 is 35.9. The molecule has 0 unspecified atom stereocenters. The van der Waals surface area contributed by atoms with E-state index >= 15 is 4.79 Å². The van der Waals surface area contributed by atoms with Crippen molar-refractivity contribution in [3.63, 3.8) is 0 Å². The zero-order valence-corrected chi connectivity index (χ0v) is 38.5. The van der Waals surface area contributed by atoms with E-state index in [1.165, 1.54) is 5.57 Å². The van der Waals surface area contributed by atoms with Crippen LogP contribution in [0.25, 0.3) is 0 Å². The van der Waals surface area contributed by atoms with Crippen molar-refractivity contribution in [2.75, 3.05) is 26.4 Å². The van der Waals surface area contributed by atoms with Crippen molar-refractivity contribution in [3.8, 4) is 0 Å². The smallest absolute Gasteiger partial charge is 0.315 e. The van der Waals surface area contributed by atoms with Crippen molar-refractivity contribution < 1.29 is 84.3 Å². The first-order chi connectivity index (χ1) is 29.9. The zero-order chi connectivity index (χ0) is 46.7. The van der Waals surface area contributed by atoms with Gasteiger partial charge in [-0.15, -0.1) is 0 Å². The molecule has 17 heteroatoms. The van der Waals surface area contributed by atoms with Gasteiger partial charge in [0.1, 0.15) is 54.4 Å². The van der Waals surface area contributed by atoms with Gasteiger partial charge < -0.3 is 79.5 Å². The topological polar surface area (TPSA) is 275 Å². The van der Waals surface area contributed by atoms with Gasteiger partial charge >= 0.3 is 5.97 Å². The van der Waals surface area contributed by atoms with Crippen LogP contribution in [-0.4, -0.2) is 169 Å². The molecule has 0 aromatic carbocycles. The lowest BCUT2D eigenvalue weighted by Crippen LogP contribution is -2.66. The maximum Gasteiger partial charge on any atom is 0.315 e. The van der Waals surface area contributed by atoms with Crippen molar-refractivity contribution in [3.05, 3.63) is 11.6 Å². The Balaban J connectivity index is 1.06. The van der Waals surface area contributed by atoms with E-state index in [-0.39, 0.29) is 45.0 Å². The minimum Gasteiger partial charge on any atom is -0.432 e. The lowest BCUT2D eigenvalue weighted by molar-refractivity contribution is -0.331. The van der Waals surface area contributed by atoms with E-state index in [2.05, 4.69) is 54.5 Å². The summed E-state index contributed by atoms with van der Waals surface area (Å²) in [6.07, 6.45) is -8.32. The van der Waals surface area contributed by atoms with Crippen LogP contribution in [-0.2, 0) is 33.2 Å². The highest BCUT2D eigenvalue weighted by molar-refractivity contribution is 5.79. The Kier molecular flexibility index (Phi) is 13.0. The van der Waals surface area contributed by atoms with Gasteiger partial charge in [-0.3, -0.25) is 4.79 Å². The van der Waals surface area contributed by atoms with E-state index in [1.807, 2.05) is 0 Å². The Bertz CT molecular complexity index is 1760. The second-order valence-electron chi connectivity index (χ2n) is 23.2. The molecule has 0 amide bonds. The Labute approximate surface area is 376 Å². The van der Waals surface area contributed by atoms with E-state index in [9.17, 15) is 51.1 Å². The Hall–Kier alpha value is -1.39. The summed E-state index contributed by atoms with van der Waals surface area (Å²) in [6.45, 7) is 13.6. The molecular weight excluding hydrogens is 836 g/mol. The number of aliphatic hydroxyl groups is 10. The van der Waals surface area contributed by atoms with Gasteiger partial charge in [0.25, 0.3) is 0 Å². The number of carbonyl (C=O) groups is 1. The van der Waals surface area contributed by atoms with Gasteiger partial charge in [0.2, 0.25) is 6.29 Å². The van der Waals surface area contributed by atoms with E-state index in [1.54, 1.807) is 0 Å². The predicted molar refractivity (Wildman–Crippen MR) is 224 cm³/mol. The average molecular weight is 913 g/mol. The fourth-order valence-electron chi connectivity index (χ4n) is 14.8. The molecular formula is C47H76O17. The minimum atomic E-state index is -2.04. The van der Waals surface area contributed by atoms with Crippen molar-refractivity contribution in [1.29, 1.82) is 0 Å². The summed E-state index contributed by atoms with van der Waals surface area (Å²) >= 11 is 0. The first-order valence-electron chi connectivity index (χ1n) is 23.7. The molecule has 0 aromatic heterocycles. The van der Waals surface area contributed by atoms with E-state index in [4.69, 9.17) is 28.4 Å². The second kappa shape index (κ2) is 16.9. The molecule has 3 aliphatic heterocycles. The summed E-state index contributed by atoms with van der Waals surface area (Å²) in [5.41, 5.74) is -2.68. The van der Waals surface area contributed by atoms with Gasteiger partial charge in [0, 0.05) is 0 Å². The number of hydrogen-bond acceptors (Lipinski definition) is 17. The fraction of sp³-hybridized carbons (Fsp3) is 0.936. The van der Waals surface area contributed by atoms with Gasteiger partial charge in [-0.2, -0.15) is 0 Å². The third kappa shape index (κ3) is 7.40. The Morgan fingerprint density at radius 1 is 0.719 bits per heavy atom. The molecule has 7 fully saturated rings. The van der Waals surface area contributed by atoms with Crippen molar-refractivity contribution in [2.45, 2.75) is 198 Å². The lowest BCUT2D eigenvalue weighted by Gasteiger charge is -2.71. The van der Waals surface area contributed by atoms with Crippen LogP contribution in [0.15, 0.2) is 11.6 Å². The average Bonchev–Trinajstić information content (AvgIpc) is 3.53. The van der Waals surface area contributed by atoms with Crippen LogP contribution in [0.3, 0.4) is 0 Å². The number of rotatable bonds is 9. The molecule has 366 valence electrons. The summed E-state index contributed by atoms with van der Waals surface area (Å²) in [5.74, 6) is -0.180. The highest BCUT2D eigenvalue weighted by Crippen LogP contribution is 2.76. The monoisotopic (exact) mass is 913 g/mol. The Morgan fingerprint density at radius 3 is 2.00 bits per heavy atom. The molecule has 8 aliphatic rings. The third-order valence-electron chi connectivity index (χ3n) is 19.0. The number of allylic oxidation sites excluding steroid dienone is 2. The normalized spacial score (nSPS) is 53.2. The number of ether oxygens (including phenoxy) is 6. The number of carbonyl (C=O) groups excluding carboxylic acids is 1. The quantitative estimate of drug-likeness (QED) is 0.0870. The van der Waals surface area contributed by atoms with Gasteiger partial charge in [0.15, 0.2) is 18.7 Å². The molecule has 8 rings (SSSR count). The molecule has 0 aromatic rings. The minimum absolute atomic E-state index is 0.0903.